The molecule has 0 bridgehead atoms. The lowest BCUT2D eigenvalue weighted by Gasteiger charge is -2.14. The van der Waals surface area contributed by atoms with Gasteiger partial charge in [0.15, 0.2) is 11.5 Å². The summed E-state index contributed by atoms with van der Waals surface area (Å²) in [6, 6.07) is 17.9. The Morgan fingerprint density at radius 3 is 1.82 bits per heavy atom. The van der Waals surface area contributed by atoms with Gasteiger partial charge in [-0.3, -0.25) is 9.59 Å². The molecule has 22 heavy (non-hydrogen) atoms. The molecule has 0 spiro atoms. The van der Waals surface area contributed by atoms with Gasteiger partial charge >= 0.3 is 0 Å². The Hall–Kier alpha value is -2.88. The maximum atomic E-state index is 12.4. The maximum Gasteiger partial charge on any atom is 0.255 e. The Morgan fingerprint density at radius 2 is 1.36 bits per heavy atom. The summed E-state index contributed by atoms with van der Waals surface area (Å²) in [6.07, 6.45) is 0. The largest absolute Gasteiger partial charge is 0.491 e. The highest BCUT2D eigenvalue weighted by Crippen LogP contribution is 2.18. The number of carbonyl (C=O) groups excluding carboxylic acids is 2. The van der Waals surface area contributed by atoms with Crippen LogP contribution >= 0.6 is 0 Å². The van der Waals surface area contributed by atoms with Gasteiger partial charge < -0.3 is 10.1 Å². The van der Waals surface area contributed by atoms with E-state index in [1.165, 1.54) is 14.0 Å². The number of allylic oxidation sites excluding steroid dienone is 1. The van der Waals surface area contributed by atoms with Crippen LogP contribution in [0.2, 0.25) is 0 Å². The summed E-state index contributed by atoms with van der Waals surface area (Å²) in [7, 11) is 1.41. The molecule has 0 heterocycles. The van der Waals surface area contributed by atoms with Crippen LogP contribution in [-0.2, 0) is 9.53 Å². The van der Waals surface area contributed by atoms with Crippen LogP contribution in [-0.4, -0.2) is 18.8 Å². The zero-order valence-corrected chi connectivity index (χ0v) is 12.5. The van der Waals surface area contributed by atoms with Gasteiger partial charge in [-0.2, -0.15) is 0 Å². The predicted octanol–water partition coefficient (Wildman–Crippen LogP) is 3.02. The summed E-state index contributed by atoms with van der Waals surface area (Å²) >= 11 is 0. The maximum absolute atomic E-state index is 12.4. The van der Waals surface area contributed by atoms with Gasteiger partial charge in [0.2, 0.25) is 0 Å². The first-order chi connectivity index (χ1) is 10.6. The number of ketones is 1. The van der Waals surface area contributed by atoms with Crippen molar-refractivity contribution < 1.29 is 14.3 Å². The quantitative estimate of drug-likeness (QED) is 0.681. The van der Waals surface area contributed by atoms with E-state index >= 15 is 0 Å². The molecule has 1 N–H and O–H groups in total. The number of ether oxygens (including phenoxy) is 1. The molecule has 0 aliphatic rings. The summed E-state index contributed by atoms with van der Waals surface area (Å²) in [5.41, 5.74) is 1.58. The Bertz CT molecular complexity index is 691. The molecule has 2 aromatic carbocycles. The van der Waals surface area contributed by atoms with Crippen molar-refractivity contribution in [1.29, 1.82) is 0 Å². The van der Waals surface area contributed by atoms with Crippen LogP contribution in [0.15, 0.2) is 66.4 Å². The Labute approximate surface area is 129 Å². The van der Waals surface area contributed by atoms with E-state index in [1.807, 2.05) is 36.4 Å². The normalized spacial score (nSPS) is 11.4. The third-order valence-corrected chi connectivity index (χ3v) is 3.09. The van der Waals surface area contributed by atoms with Gasteiger partial charge in [0.25, 0.3) is 5.91 Å². The molecular weight excluding hydrogens is 278 g/mol. The van der Waals surface area contributed by atoms with E-state index in [9.17, 15) is 9.59 Å². The molecule has 0 aliphatic carbocycles. The fourth-order valence-electron chi connectivity index (χ4n) is 2.06. The third kappa shape index (κ3) is 3.61. The first-order valence-electron chi connectivity index (χ1n) is 6.84. The Kier molecular flexibility index (Phi) is 5.09. The summed E-state index contributed by atoms with van der Waals surface area (Å²) in [6.45, 7) is 1.40. The third-order valence-electron chi connectivity index (χ3n) is 3.09. The van der Waals surface area contributed by atoms with Crippen LogP contribution in [0.1, 0.15) is 22.8 Å². The molecule has 0 aromatic heterocycles. The molecule has 0 atom stereocenters. The first-order valence-corrected chi connectivity index (χ1v) is 6.84. The van der Waals surface area contributed by atoms with Gasteiger partial charge in [0.05, 0.1) is 12.8 Å². The van der Waals surface area contributed by atoms with Crippen LogP contribution in [0.5, 0.6) is 0 Å². The molecule has 0 fully saturated rings. The minimum absolute atomic E-state index is 0.121. The first kappa shape index (κ1) is 15.5. The van der Waals surface area contributed by atoms with Crippen LogP contribution in [0.4, 0.5) is 0 Å². The van der Waals surface area contributed by atoms with E-state index in [0.29, 0.717) is 16.8 Å². The van der Waals surface area contributed by atoms with Crippen molar-refractivity contribution in [3.63, 3.8) is 0 Å². The highest BCUT2D eigenvalue weighted by Gasteiger charge is 2.17. The monoisotopic (exact) mass is 295 g/mol. The van der Waals surface area contributed by atoms with Gasteiger partial charge in [-0.15, -0.1) is 0 Å². The predicted molar refractivity (Wildman–Crippen MR) is 85.0 cm³/mol. The highest BCUT2D eigenvalue weighted by atomic mass is 16.5. The van der Waals surface area contributed by atoms with Gasteiger partial charge in [-0.25, -0.2) is 0 Å². The van der Waals surface area contributed by atoms with E-state index in [0.717, 1.165) is 0 Å². The molecule has 0 saturated heterocycles. The number of benzene rings is 2. The highest BCUT2D eigenvalue weighted by molar-refractivity contribution is 6.05. The van der Waals surface area contributed by atoms with E-state index in [-0.39, 0.29) is 17.4 Å². The number of nitrogens with one attached hydrogen (secondary N) is 1. The zero-order valence-electron chi connectivity index (χ0n) is 12.5. The van der Waals surface area contributed by atoms with Crippen molar-refractivity contribution in [1.82, 2.24) is 5.32 Å². The number of Topliss-reactive ketones (excluding diaryl/α,β-unsaturated/α-hetero) is 1. The second-order valence-electron chi connectivity index (χ2n) is 4.65. The number of hydrogen-bond acceptors (Lipinski definition) is 3. The van der Waals surface area contributed by atoms with Crippen LogP contribution < -0.4 is 5.32 Å². The van der Waals surface area contributed by atoms with Crippen molar-refractivity contribution in [3.05, 3.63) is 77.5 Å². The smallest absolute Gasteiger partial charge is 0.255 e. The van der Waals surface area contributed by atoms with E-state index in [2.05, 4.69) is 5.32 Å². The molecule has 1 amide bonds. The van der Waals surface area contributed by atoms with Gasteiger partial charge in [0, 0.05) is 18.1 Å². The average Bonchev–Trinajstić information content (AvgIpc) is 2.55. The zero-order chi connectivity index (χ0) is 15.9. The summed E-state index contributed by atoms with van der Waals surface area (Å²) in [5, 5.41) is 2.78. The van der Waals surface area contributed by atoms with Crippen molar-refractivity contribution in [2.45, 2.75) is 6.92 Å². The van der Waals surface area contributed by atoms with E-state index in [1.54, 1.807) is 24.3 Å². The van der Waals surface area contributed by atoms with Crippen molar-refractivity contribution in [2.24, 2.45) is 0 Å². The lowest BCUT2D eigenvalue weighted by molar-refractivity contribution is -0.116. The van der Waals surface area contributed by atoms with E-state index in [4.69, 9.17) is 4.74 Å². The Morgan fingerprint density at radius 1 is 0.864 bits per heavy atom. The van der Waals surface area contributed by atoms with Gasteiger partial charge in [-0.1, -0.05) is 48.5 Å². The minimum atomic E-state index is -0.296. The van der Waals surface area contributed by atoms with Gasteiger partial charge in [-0.05, 0) is 12.1 Å². The summed E-state index contributed by atoms with van der Waals surface area (Å²) < 4.78 is 5.18. The molecule has 4 nitrogen and oxygen atoms in total. The number of carbonyl (C=O) groups is 2. The molecule has 0 aliphatic heterocycles. The van der Waals surface area contributed by atoms with Crippen molar-refractivity contribution >= 4 is 17.4 Å². The lowest BCUT2D eigenvalue weighted by Crippen LogP contribution is -2.25. The number of methoxy groups -OCH3 is 1. The van der Waals surface area contributed by atoms with Crippen molar-refractivity contribution in [2.75, 3.05) is 7.11 Å². The number of amides is 1. The molecule has 0 saturated carbocycles. The second-order valence-corrected chi connectivity index (χ2v) is 4.65. The summed E-state index contributed by atoms with van der Waals surface area (Å²) in [5.74, 6) is -0.430. The SMILES string of the molecule is CO/C(C(C)=O)=C(/NC(=O)c1ccccc1)c1ccccc1. The number of rotatable bonds is 5. The van der Waals surface area contributed by atoms with Crippen LogP contribution in [0, 0.1) is 0 Å². The fourth-order valence-corrected chi connectivity index (χ4v) is 2.06. The van der Waals surface area contributed by atoms with Crippen molar-refractivity contribution in [3.8, 4) is 0 Å². The molecule has 2 aromatic rings. The molecule has 112 valence electrons. The standard InChI is InChI=1S/C18H17NO3/c1-13(20)17(22-2)16(14-9-5-3-6-10-14)19-18(21)15-11-7-4-8-12-15/h3-12H,1-2H3,(H,19,21)/b17-16+. The molecule has 4 heteroatoms. The average molecular weight is 295 g/mol. The number of hydrogen-bond donors (Lipinski definition) is 1. The van der Waals surface area contributed by atoms with Crippen LogP contribution in [0.25, 0.3) is 5.70 Å². The topological polar surface area (TPSA) is 55.4 Å². The molecule has 2 rings (SSSR count). The second kappa shape index (κ2) is 7.22. The lowest BCUT2D eigenvalue weighted by atomic mass is 10.1. The summed E-state index contributed by atoms with van der Waals surface area (Å²) in [4.78, 5) is 24.1. The fraction of sp³-hybridized carbons (Fsp3) is 0.111. The van der Waals surface area contributed by atoms with Gasteiger partial charge in [0.1, 0.15) is 0 Å². The van der Waals surface area contributed by atoms with Crippen LogP contribution in [0.3, 0.4) is 0 Å². The molecule has 0 unspecified atom stereocenters. The molecular formula is C18H17NO3. The minimum Gasteiger partial charge on any atom is -0.491 e. The Balaban J connectivity index is 2.42. The van der Waals surface area contributed by atoms with E-state index < -0.39 is 0 Å². The molecule has 0 radical (unpaired) electrons.